The fraction of sp³-hybridized carbons (Fsp3) is 0.308. The zero-order valence-electron chi connectivity index (χ0n) is 9.76. The van der Waals surface area contributed by atoms with Gasteiger partial charge in [0.1, 0.15) is 5.75 Å². The molecule has 0 radical (unpaired) electrons. The second-order valence-corrected chi connectivity index (χ2v) is 3.80. The highest BCUT2D eigenvalue weighted by Crippen LogP contribution is 2.27. The molecule has 3 heteroatoms. The van der Waals surface area contributed by atoms with E-state index in [0.717, 1.165) is 28.6 Å². The summed E-state index contributed by atoms with van der Waals surface area (Å²) in [6.45, 7) is 3.63. The van der Waals surface area contributed by atoms with E-state index in [1.54, 1.807) is 14.0 Å². The molecule has 0 fully saturated rings. The van der Waals surface area contributed by atoms with E-state index in [2.05, 4.69) is 11.9 Å². The van der Waals surface area contributed by atoms with E-state index in [1.807, 2.05) is 18.2 Å². The van der Waals surface area contributed by atoms with Gasteiger partial charge in [-0.25, -0.2) is 0 Å². The van der Waals surface area contributed by atoms with E-state index in [4.69, 9.17) is 4.74 Å². The summed E-state index contributed by atoms with van der Waals surface area (Å²) in [7, 11) is 1.64. The number of nitrogens with one attached hydrogen (secondary N) is 1. The fourth-order valence-corrected chi connectivity index (χ4v) is 2.02. The molecule has 1 aromatic carbocycles. The monoisotopic (exact) mass is 217 g/mol. The lowest BCUT2D eigenvalue weighted by Crippen LogP contribution is -1.96. The number of carbonyl (C=O) groups excluding carboxylic acids is 1. The molecule has 0 aliphatic rings. The predicted molar refractivity (Wildman–Crippen MR) is 64.2 cm³/mol. The number of aromatic nitrogens is 1. The average molecular weight is 217 g/mol. The third kappa shape index (κ3) is 1.58. The Hall–Kier alpha value is -1.77. The number of benzene rings is 1. The second-order valence-electron chi connectivity index (χ2n) is 3.80. The van der Waals surface area contributed by atoms with Crippen LogP contribution in [0.2, 0.25) is 0 Å². The average Bonchev–Trinajstić information content (AvgIpc) is 2.66. The van der Waals surface area contributed by atoms with Crippen LogP contribution in [0.25, 0.3) is 10.9 Å². The summed E-state index contributed by atoms with van der Waals surface area (Å²) in [4.78, 5) is 14.6. The fourth-order valence-electron chi connectivity index (χ4n) is 2.02. The van der Waals surface area contributed by atoms with Crippen molar-refractivity contribution in [1.29, 1.82) is 0 Å². The molecule has 2 aromatic rings. The van der Waals surface area contributed by atoms with Gasteiger partial charge in [-0.3, -0.25) is 4.79 Å². The van der Waals surface area contributed by atoms with Crippen molar-refractivity contribution in [1.82, 2.24) is 4.98 Å². The van der Waals surface area contributed by atoms with Gasteiger partial charge in [0, 0.05) is 17.8 Å². The van der Waals surface area contributed by atoms with E-state index in [1.165, 1.54) is 0 Å². The minimum absolute atomic E-state index is 0.0759. The first kappa shape index (κ1) is 10.7. The molecule has 0 saturated heterocycles. The summed E-state index contributed by atoms with van der Waals surface area (Å²) in [5.41, 5.74) is 2.77. The quantitative estimate of drug-likeness (QED) is 0.803. The number of aromatic amines is 1. The summed E-state index contributed by atoms with van der Waals surface area (Å²) >= 11 is 0. The molecular formula is C13H15NO2. The number of H-pyrrole nitrogens is 1. The number of Topliss-reactive ketones (excluding diaryl/α,β-unsaturated/α-hetero) is 1. The van der Waals surface area contributed by atoms with Gasteiger partial charge in [0.15, 0.2) is 5.78 Å². The van der Waals surface area contributed by atoms with Crippen LogP contribution < -0.4 is 4.74 Å². The van der Waals surface area contributed by atoms with E-state index in [-0.39, 0.29) is 5.78 Å². The van der Waals surface area contributed by atoms with Crippen LogP contribution in [-0.2, 0) is 6.42 Å². The number of carbonyl (C=O) groups is 1. The number of aryl methyl sites for hydroxylation is 1. The lowest BCUT2D eigenvalue weighted by molar-refractivity contribution is 0.101. The normalized spacial score (nSPS) is 10.7. The van der Waals surface area contributed by atoms with Crippen molar-refractivity contribution in [3.8, 4) is 5.75 Å². The molecule has 1 aromatic heterocycles. The van der Waals surface area contributed by atoms with Gasteiger partial charge in [0.2, 0.25) is 0 Å². The Morgan fingerprint density at radius 3 is 2.75 bits per heavy atom. The Labute approximate surface area is 94.4 Å². The number of rotatable bonds is 3. The molecule has 0 aliphatic heterocycles. The molecule has 1 N–H and O–H groups in total. The first-order chi connectivity index (χ1) is 7.67. The molecule has 0 bridgehead atoms. The van der Waals surface area contributed by atoms with E-state index >= 15 is 0 Å². The number of hydrogen-bond donors (Lipinski definition) is 1. The maximum Gasteiger partial charge on any atom is 0.176 e. The molecule has 2 rings (SSSR count). The van der Waals surface area contributed by atoms with Crippen LogP contribution >= 0.6 is 0 Å². The van der Waals surface area contributed by atoms with Gasteiger partial charge in [0.25, 0.3) is 0 Å². The van der Waals surface area contributed by atoms with Gasteiger partial charge in [-0.2, -0.15) is 0 Å². The Kier molecular flexibility index (Phi) is 2.69. The molecule has 0 saturated carbocycles. The molecular weight excluding hydrogens is 202 g/mol. The van der Waals surface area contributed by atoms with Crippen LogP contribution in [-0.4, -0.2) is 17.9 Å². The first-order valence-corrected chi connectivity index (χ1v) is 5.37. The van der Waals surface area contributed by atoms with E-state index < -0.39 is 0 Å². The van der Waals surface area contributed by atoms with Gasteiger partial charge >= 0.3 is 0 Å². The number of ketones is 1. The van der Waals surface area contributed by atoms with Crippen molar-refractivity contribution >= 4 is 16.7 Å². The molecule has 0 unspecified atom stereocenters. The summed E-state index contributed by atoms with van der Waals surface area (Å²) < 4.78 is 5.19. The highest BCUT2D eigenvalue weighted by atomic mass is 16.5. The van der Waals surface area contributed by atoms with Crippen molar-refractivity contribution in [2.24, 2.45) is 0 Å². The third-order valence-electron chi connectivity index (χ3n) is 2.82. The van der Waals surface area contributed by atoms with Crippen LogP contribution in [0.1, 0.15) is 29.9 Å². The van der Waals surface area contributed by atoms with Crippen molar-refractivity contribution in [3.63, 3.8) is 0 Å². The Bertz CT molecular complexity index is 540. The molecule has 16 heavy (non-hydrogen) atoms. The summed E-state index contributed by atoms with van der Waals surface area (Å²) in [6.07, 6.45) is 0.835. The zero-order chi connectivity index (χ0) is 11.7. The minimum atomic E-state index is 0.0759. The molecule has 0 aliphatic carbocycles. The third-order valence-corrected chi connectivity index (χ3v) is 2.82. The first-order valence-electron chi connectivity index (χ1n) is 5.37. The smallest absolute Gasteiger partial charge is 0.176 e. The predicted octanol–water partition coefficient (Wildman–Crippen LogP) is 2.94. The lowest BCUT2D eigenvalue weighted by Gasteiger charge is -2.00. The van der Waals surface area contributed by atoms with Crippen LogP contribution in [0, 0.1) is 0 Å². The number of fused-ring (bicyclic) bond motifs is 1. The van der Waals surface area contributed by atoms with Gasteiger partial charge in [0.05, 0.1) is 12.8 Å². The number of hydrogen-bond acceptors (Lipinski definition) is 2. The van der Waals surface area contributed by atoms with Crippen LogP contribution in [0.15, 0.2) is 18.2 Å². The van der Waals surface area contributed by atoms with Gasteiger partial charge in [-0.15, -0.1) is 0 Å². The summed E-state index contributed by atoms with van der Waals surface area (Å²) in [5.74, 6) is 0.892. The largest absolute Gasteiger partial charge is 0.497 e. The van der Waals surface area contributed by atoms with Gasteiger partial charge in [-0.1, -0.05) is 6.92 Å². The van der Waals surface area contributed by atoms with Crippen LogP contribution in [0.3, 0.4) is 0 Å². The highest BCUT2D eigenvalue weighted by molar-refractivity contribution is 6.01. The number of ether oxygens (including phenoxy) is 1. The zero-order valence-corrected chi connectivity index (χ0v) is 9.76. The molecule has 0 amide bonds. The molecule has 0 atom stereocenters. The van der Waals surface area contributed by atoms with Crippen LogP contribution in [0.4, 0.5) is 0 Å². The Morgan fingerprint density at radius 1 is 1.44 bits per heavy atom. The van der Waals surface area contributed by atoms with Crippen molar-refractivity contribution < 1.29 is 9.53 Å². The highest BCUT2D eigenvalue weighted by Gasteiger charge is 2.13. The van der Waals surface area contributed by atoms with Gasteiger partial charge in [-0.05, 0) is 30.2 Å². The van der Waals surface area contributed by atoms with E-state index in [0.29, 0.717) is 5.69 Å². The standard InChI is InChI=1S/C13H15NO2/c1-4-10-11-7-9(16-3)5-6-12(11)14-13(10)8(2)15/h5-7,14H,4H2,1-3H3. The Balaban J connectivity index is 2.73. The van der Waals surface area contributed by atoms with E-state index in [9.17, 15) is 4.79 Å². The van der Waals surface area contributed by atoms with Crippen molar-refractivity contribution in [2.45, 2.75) is 20.3 Å². The molecule has 0 spiro atoms. The van der Waals surface area contributed by atoms with Crippen molar-refractivity contribution in [3.05, 3.63) is 29.5 Å². The SMILES string of the molecule is CCc1c(C(C)=O)[nH]c2ccc(OC)cc12. The van der Waals surface area contributed by atoms with Gasteiger partial charge < -0.3 is 9.72 Å². The molecule has 1 heterocycles. The Morgan fingerprint density at radius 2 is 2.19 bits per heavy atom. The minimum Gasteiger partial charge on any atom is -0.497 e. The second kappa shape index (κ2) is 4.00. The number of methoxy groups -OCH3 is 1. The molecule has 3 nitrogen and oxygen atoms in total. The summed E-state index contributed by atoms with van der Waals surface area (Å²) in [6, 6.07) is 5.80. The lowest BCUT2D eigenvalue weighted by atomic mass is 10.1. The molecule has 84 valence electrons. The topological polar surface area (TPSA) is 42.1 Å². The maximum absolute atomic E-state index is 11.5. The van der Waals surface area contributed by atoms with Crippen LogP contribution in [0.5, 0.6) is 5.75 Å². The summed E-state index contributed by atoms with van der Waals surface area (Å²) in [5, 5.41) is 1.08. The maximum atomic E-state index is 11.5. The van der Waals surface area contributed by atoms with Crippen molar-refractivity contribution in [2.75, 3.05) is 7.11 Å².